The Morgan fingerprint density at radius 3 is 2.15 bits per heavy atom. The highest BCUT2D eigenvalue weighted by Crippen LogP contribution is 2.21. The van der Waals surface area contributed by atoms with Crippen molar-refractivity contribution in [2.75, 3.05) is 19.7 Å². The van der Waals surface area contributed by atoms with E-state index >= 15 is 0 Å². The highest BCUT2D eigenvalue weighted by atomic mass is 32.2. The molecule has 6 heteroatoms. The number of ether oxygens (including phenoxy) is 1. The van der Waals surface area contributed by atoms with E-state index in [-0.39, 0.29) is 11.4 Å². The van der Waals surface area contributed by atoms with E-state index in [4.69, 9.17) is 4.74 Å². The van der Waals surface area contributed by atoms with Crippen LogP contribution in [0.2, 0.25) is 0 Å². The fourth-order valence-electron chi connectivity index (χ4n) is 1.82. The number of benzene rings is 1. The van der Waals surface area contributed by atoms with Crippen molar-refractivity contribution in [2.45, 2.75) is 38.2 Å². The number of nitrogens with zero attached hydrogens (tertiary/aromatic N) is 1. The van der Waals surface area contributed by atoms with Crippen LogP contribution in [0.5, 0.6) is 5.75 Å². The van der Waals surface area contributed by atoms with Gasteiger partial charge >= 0.3 is 0 Å². The van der Waals surface area contributed by atoms with Crippen LogP contribution >= 0.6 is 0 Å². The molecule has 0 spiro atoms. The summed E-state index contributed by atoms with van der Waals surface area (Å²) in [5, 5.41) is 9.82. The van der Waals surface area contributed by atoms with Crippen LogP contribution < -0.4 is 4.74 Å². The summed E-state index contributed by atoms with van der Waals surface area (Å²) in [6, 6.07) is 6.31. The molecule has 0 atom stereocenters. The second-order valence-electron chi connectivity index (χ2n) is 5.15. The first-order chi connectivity index (χ1) is 9.20. The van der Waals surface area contributed by atoms with Gasteiger partial charge in [-0.3, -0.25) is 0 Å². The van der Waals surface area contributed by atoms with Crippen LogP contribution in [0.4, 0.5) is 0 Å². The molecule has 1 rings (SSSR count). The summed E-state index contributed by atoms with van der Waals surface area (Å²) in [5.41, 5.74) is -1.08. The van der Waals surface area contributed by atoms with Crippen LogP contribution in [0.25, 0.3) is 0 Å². The second kappa shape index (κ2) is 6.56. The van der Waals surface area contributed by atoms with E-state index in [0.29, 0.717) is 18.9 Å². The summed E-state index contributed by atoms with van der Waals surface area (Å²) in [6.45, 7) is 7.68. The summed E-state index contributed by atoms with van der Waals surface area (Å²) < 4.78 is 31.5. The summed E-state index contributed by atoms with van der Waals surface area (Å²) in [4.78, 5) is 0.201. The molecular formula is C14H23NO4S. The lowest BCUT2D eigenvalue weighted by Crippen LogP contribution is -2.42. The predicted octanol–water partition coefficient (Wildman–Crippen LogP) is 1.87. The maximum absolute atomic E-state index is 12.5. The van der Waals surface area contributed by atoms with E-state index in [1.807, 2.05) is 6.92 Å². The molecule has 0 radical (unpaired) electrons. The first-order valence-corrected chi connectivity index (χ1v) is 8.10. The van der Waals surface area contributed by atoms with Crippen molar-refractivity contribution in [1.82, 2.24) is 4.31 Å². The summed E-state index contributed by atoms with van der Waals surface area (Å²) in [5.74, 6) is 0.636. The van der Waals surface area contributed by atoms with Gasteiger partial charge in [0.25, 0.3) is 0 Å². The van der Waals surface area contributed by atoms with Gasteiger partial charge in [-0.25, -0.2) is 8.42 Å². The number of hydrogen-bond donors (Lipinski definition) is 1. The SMILES string of the molecule is CCOc1ccc(S(=O)(=O)N(CC)CC(C)(C)O)cc1. The number of aliphatic hydroxyl groups is 1. The molecule has 1 aromatic carbocycles. The molecule has 0 aromatic heterocycles. The topological polar surface area (TPSA) is 66.8 Å². The van der Waals surface area contributed by atoms with Crippen molar-refractivity contribution >= 4 is 10.0 Å². The molecule has 0 bridgehead atoms. The molecule has 0 amide bonds. The molecular weight excluding hydrogens is 278 g/mol. The van der Waals surface area contributed by atoms with Crippen LogP contribution in [-0.4, -0.2) is 43.1 Å². The van der Waals surface area contributed by atoms with Crippen LogP contribution in [0.3, 0.4) is 0 Å². The minimum absolute atomic E-state index is 0.0546. The van der Waals surface area contributed by atoms with Gasteiger partial charge < -0.3 is 9.84 Å². The second-order valence-corrected chi connectivity index (χ2v) is 7.09. The van der Waals surface area contributed by atoms with Gasteiger partial charge in [0.05, 0.1) is 17.1 Å². The van der Waals surface area contributed by atoms with Gasteiger partial charge in [-0.05, 0) is 45.0 Å². The number of hydrogen-bond acceptors (Lipinski definition) is 4. The Morgan fingerprint density at radius 1 is 1.20 bits per heavy atom. The van der Waals surface area contributed by atoms with E-state index in [0.717, 1.165) is 0 Å². The zero-order valence-electron chi connectivity index (χ0n) is 12.5. The molecule has 114 valence electrons. The third-order valence-electron chi connectivity index (χ3n) is 2.69. The third kappa shape index (κ3) is 4.47. The van der Waals surface area contributed by atoms with Crippen LogP contribution in [-0.2, 0) is 10.0 Å². The number of likely N-dealkylation sites (N-methyl/N-ethyl adjacent to an activating group) is 1. The molecule has 0 aliphatic carbocycles. The van der Waals surface area contributed by atoms with E-state index in [1.54, 1.807) is 32.9 Å². The molecule has 0 saturated heterocycles. The first kappa shape index (κ1) is 16.9. The van der Waals surface area contributed by atoms with E-state index in [2.05, 4.69) is 0 Å². The average molecular weight is 301 g/mol. The quantitative estimate of drug-likeness (QED) is 0.835. The van der Waals surface area contributed by atoms with Gasteiger partial charge in [0.15, 0.2) is 0 Å². The Labute approximate surface area is 121 Å². The molecule has 0 unspecified atom stereocenters. The lowest BCUT2D eigenvalue weighted by molar-refractivity contribution is 0.0601. The molecule has 0 saturated carbocycles. The van der Waals surface area contributed by atoms with Gasteiger partial charge in [0.1, 0.15) is 5.75 Å². The minimum atomic E-state index is -3.60. The monoisotopic (exact) mass is 301 g/mol. The number of sulfonamides is 1. The zero-order chi connectivity index (χ0) is 15.4. The van der Waals surface area contributed by atoms with Gasteiger partial charge in [0, 0.05) is 13.1 Å². The fourth-order valence-corrected chi connectivity index (χ4v) is 3.43. The molecule has 1 N–H and O–H groups in total. The Balaban J connectivity index is 3.01. The Bertz CT molecular complexity index is 517. The van der Waals surface area contributed by atoms with Crippen LogP contribution in [0, 0.1) is 0 Å². The Morgan fingerprint density at radius 2 is 1.75 bits per heavy atom. The first-order valence-electron chi connectivity index (χ1n) is 6.66. The molecule has 1 aromatic rings. The highest BCUT2D eigenvalue weighted by molar-refractivity contribution is 7.89. The lowest BCUT2D eigenvalue weighted by atomic mass is 10.1. The van der Waals surface area contributed by atoms with Gasteiger partial charge in [-0.1, -0.05) is 6.92 Å². The molecule has 20 heavy (non-hydrogen) atoms. The van der Waals surface area contributed by atoms with Gasteiger partial charge in [0.2, 0.25) is 10.0 Å². The zero-order valence-corrected chi connectivity index (χ0v) is 13.3. The van der Waals surface area contributed by atoms with Crippen molar-refractivity contribution in [1.29, 1.82) is 0 Å². The lowest BCUT2D eigenvalue weighted by Gasteiger charge is -2.27. The highest BCUT2D eigenvalue weighted by Gasteiger charge is 2.28. The average Bonchev–Trinajstić information content (AvgIpc) is 2.36. The maximum Gasteiger partial charge on any atom is 0.243 e. The van der Waals surface area contributed by atoms with E-state index < -0.39 is 15.6 Å². The Kier molecular flexibility index (Phi) is 5.56. The Hall–Kier alpha value is -1.11. The standard InChI is InChI=1S/C14H23NO4S/c1-5-15(11-14(3,4)16)20(17,18)13-9-7-12(8-10-13)19-6-2/h7-10,16H,5-6,11H2,1-4H3. The molecule has 5 nitrogen and oxygen atoms in total. The molecule has 0 aliphatic rings. The smallest absolute Gasteiger partial charge is 0.243 e. The van der Waals surface area contributed by atoms with E-state index in [1.165, 1.54) is 16.4 Å². The normalized spacial score (nSPS) is 12.7. The van der Waals surface area contributed by atoms with Crippen molar-refractivity contribution in [3.05, 3.63) is 24.3 Å². The predicted molar refractivity (Wildman–Crippen MR) is 78.3 cm³/mol. The van der Waals surface area contributed by atoms with Crippen LogP contribution in [0.15, 0.2) is 29.2 Å². The summed E-state index contributed by atoms with van der Waals surface area (Å²) in [6.07, 6.45) is 0. The maximum atomic E-state index is 12.5. The minimum Gasteiger partial charge on any atom is -0.494 e. The van der Waals surface area contributed by atoms with Gasteiger partial charge in [-0.2, -0.15) is 4.31 Å². The van der Waals surface area contributed by atoms with Crippen molar-refractivity contribution in [3.63, 3.8) is 0 Å². The molecule has 0 heterocycles. The fraction of sp³-hybridized carbons (Fsp3) is 0.571. The van der Waals surface area contributed by atoms with Gasteiger partial charge in [-0.15, -0.1) is 0 Å². The van der Waals surface area contributed by atoms with Crippen molar-refractivity contribution in [3.8, 4) is 5.75 Å². The van der Waals surface area contributed by atoms with Crippen molar-refractivity contribution < 1.29 is 18.3 Å². The van der Waals surface area contributed by atoms with E-state index in [9.17, 15) is 13.5 Å². The molecule has 0 aliphatic heterocycles. The van der Waals surface area contributed by atoms with Crippen molar-refractivity contribution in [2.24, 2.45) is 0 Å². The largest absolute Gasteiger partial charge is 0.494 e. The third-order valence-corrected chi connectivity index (χ3v) is 4.62. The number of rotatable bonds is 7. The molecule has 0 fully saturated rings. The summed E-state index contributed by atoms with van der Waals surface area (Å²) >= 11 is 0. The van der Waals surface area contributed by atoms with Crippen LogP contribution in [0.1, 0.15) is 27.7 Å². The summed E-state index contributed by atoms with van der Waals surface area (Å²) in [7, 11) is -3.60.